The lowest BCUT2D eigenvalue weighted by atomic mass is 10.1. The lowest BCUT2D eigenvalue weighted by Gasteiger charge is -2.01. The fourth-order valence-corrected chi connectivity index (χ4v) is 1.30. The van der Waals surface area contributed by atoms with E-state index in [0.29, 0.717) is 0 Å². The highest BCUT2D eigenvalue weighted by Crippen LogP contribution is 2.16. The van der Waals surface area contributed by atoms with Crippen molar-refractivity contribution in [1.29, 1.82) is 0 Å². The van der Waals surface area contributed by atoms with Gasteiger partial charge in [-0.1, -0.05) is 12.1 Å². The van der Waals surface area contributed by atoms with Crippen LogP contribution in [0.4, 0.5) is 0 Å². The summed E-state index contributed by atoms with van der Waals surface area (Å²) < 4.78 is 1.97. The van der Waals surface area contributed by atoms with Crippen LogP contribution in [0, 0.1) is 19.9 Å². The second kappa shape index (κ2) is 3.25. The van der Waals surface area contributed by atoms with Gasteiger partial charge in [0.25, 0.3) is 0 Å². The largest absolute Gasteiger partial charge is 0.314 e. The molecule has 3 heteroatoms. The van der Waals surface area contributed by atoms with Crippen LogP contribution < -0.4 is 0 Å². The molecular weight excluding hydrogens is 174 g/mol. The number of aromatic nitrogens is 3. The molecule has 3 nitrogen and oxygen atoms in total. The maximum absolute atomic E-state index is 4.11. The molecule has 0 saturated carbocycles. The molecule has 0 spiro atoms. The zero-order chi connectivity index (χ0) is 10.1. The van der Waals surface area contributed by atoms with E-state index in [-0.39, 0.29) is 0 Å². The van der Waals surface area contributed by atoms with Gasteiger partial charge in [0.15, 0.2) is 5.82 Å². The van der Waals surface area contributed by atoms with Gasteiger partial charge in [0.1, 0.15) is 5.82 Å². The van der Waals surface area contributed by atoms with Crippen molar-refractivity contribution in [1.82, 2.24) is 14.8 Å². The predicted molar refractivity (Wildman–Crippen MR) is 54.7 cm³/mol. The van der Waals surface area contributed by atoms with Gasteiger partial charge in [-0.25, -0.2) is 0 Å². The molecule has 71 valence electrons. The van der Waals surface area contributed by atoms with E-state index in [1.54, 1.807) is 0 Å². The maximum atomic E-state index is 4.11. The monoisotopic (exact) mass is 186 g/mol. The Labute approximate surface area is 83.4 Å². The molecule has 0 aliphatic carbocycles. The van der Waals surface area contributed by atoms with Crippen LogP contribution in [0.15, 0.2) is 18.2 Å². The minimum absolute atomic E-state index is 0.888. The summed E-state index contributed by atoms with van der Waals surface area (Å²) in [5.74, 6) is 1.80. The van der Waals surface area contributed by atoms with Gasteiger partial charge < -0.3 is 4.57 Å². The van der Waals surface area contributed by atoms with E-state index in [2.05, 4.69) is 16.3 Å². The Hall–Kier alpha value is -1.64. The van der Waals surface area contributed by atoms with Crippen molar-refractivity contribution in [3.05, 3.63) is 35.7 Å². The molecule has 2 aromatic rings. The molecule has 1 aromatic heterocycles. The van der Waals surface area contributed by atoms with Crippen molar-refractivity contribution in [3.8, 4) is 11.4 Å². The Morgan fingerprint density at radius 1 is 1.21 bits per heavy atom. The highest BCUT2D eigenvalue weighted by Gasteiger charge is 2.06. The first kappa shape index (κ1) is 8.94. The fraction of sp³-hybridized carbons (Fsp3) is 0.273. The van der Waals surface area contributed by atoms with Crippen LogP contribution in [-0.4, -0.2) is 14.8 Å². The Kier molecular flexibility index (Phi) is 2.08. The standard InChI is InChI=1S/C11H12N3/c1-8-4-6-10(7-5-8)11-13-12-9(2)14(11)3/h4,6-7H,1-3H3. The minimum Gasteiger partial charge on any atom is -0.314 e. The lowest BCUT2D eigenvalue weighted by Crippen LogP contribution is -1.94. The molecule has 2 rings (SSSR count). The maximum Gasteiger partial charge on any atom is 0.163 e. The summed E-state index contributed by atoms with van der Waals surface area (Å²) in [4.78, 5) is 0. The lowest BCUT2D eigenvalue weighted by molar-refractivity contribution is 0.865. The molecule has 14 heavy (non-hydrogen) atoms. The van der Waals surface area contributed by atoms with Gasteiger partial charge in [-0.05, 0) is 31.5 Å². The third-order valence-electron chi connectivity index (χ3n) is 2.32. The van der Waals surface area contributed by atoms with E-state index in [4.69, 9.17) is 0 Å². The van der Waals surface area contributed by atoms with Gasteiger partial charge in [-0.15, -0.1) is 10.2 Å². The highest BCUT2D eigenvalue weighted by atomic mass is 15.3. The molecule has 0 atom stereocenters. The molecule has 0 fully saturated rings. The van der Waals surface area contributed by atoms with Gasteiger partial charge in [0.2, 0.25) is 0 Å². The number of rotatable bonds is 1. The van der Waals surface area contributed by atoms with E-state index in [1.165, 1.54) is 0 Å². The Morgan fingerprint density at radius 2 is 2.00 bits per heavy atom. The molecule has 1 radical (unpaired) electrons. The molecule has 0 aliphatic heterocycles. The van der Waals surface area contributed by atoms with Crippen LogP contribution in [0.5, 0.6) is 0 Å². The summed E-state index contributed by atoms with van der Waals surface area (Å²) in [6.07, 6.45) is 0. The van der Waals surface area contributed by atoms with E-state index in [9.17, 15) is 0 Å². The van der Waals surface area contributed by atoms with Crippen LogP contribution in [0.2, 0.25) is 0 Å². The Morgan fingerprint density at radius 3 is 2.50 bits per heavy atom. The van der Waals surface area contributed by atoms with Crippen LogP contribution in [0.25, 0.3) is 11.4 Å². The molecule has 0 amide bonds. The molecule has 0 N–H and O–H groups in total. The van der Waals surface area contributed by atoms with Gasteiger partial charge in [-0.2, -0.15) is 0 Å². The first-order valence-electron chi connectivity index (χ1n) is 4.53. The number of hydrogen-bond donors (Lipinski definition) is 0. The van der Waals surface area contributed by atoms with E-state index >= 15 is 0 Å². The Bertz CT molecular complexity index is 440. The average molecular weight is 186 g/mol. The van der Waals surface area contributed by atoms with Crippen molar-refractivity contribution in [2.45, 2.75) is 13.8 Å². The summed E-state index contributed by atoms with van der Waals surface area (Å²) >= 11 is 0. The van der Waals surface area contributed by atoms with Crippen LogP contribution in [-0.2, 0) is 7.05 Å². The third-order valence-corrected chi connectivity index (χ3v) is 2.32. The molecular formula is C11H12N3. The molecule has 0 unspecified atom stereocenters. The quantitative estimate of drug-likeness (QED) is 0.681. The average Bonchev–Trinajstić information content (AvgIpc) is 2.50. The van der Waals surface area contributed by atoms with Crippen molar-refractivity contribution in [2.75, 3.05) is 0 Å². The summed E-state index contributed by atoms with van der Waals surface area (Å²) in [6, 6.07) is 9.16. The van der Waals surface area contributed by atoms with Crippen molar-refractivity contribution < 1.29 is 0 Å². The molecule has 0 aliphatic rings. The van der Waals surface area contributed by atoms with E-state index < -0.39 is 0 Å². The molecule has 1 aromatic carbocycles. The number of benzene rings is 1. The van der Waals surface area contributed by atoms with Crippen LogP contribution in [0.1, 0.15) is 11.4 Å². The van der Waals surface area contributed by atoms with Crippen molar-refractivity contribution in [3.63, 3.8) is 0 Å². The smallest absolute Gasteiger partial charge is 0.163 e. The summed E-state index contributed by atoms with van der Waals surface area (Å²) in [5, 5.41) is 8.12. The van der Waals surface area contributed by atoms with Crippen LogP contribution in [0.3, 0.4) is 0 Å². The summed E-state index contributed by atoms with van der Waals surface area (Å²) in [5.41, 5.74) is 2.19. The number of hydrogen-bond acceptors (Lipinski definition) is 2. The Balaban J connectivity index is 2.49. The SMILES string of the molecule is Cc1[c]cc(-c2nnc(C)n2C)cc1. The molecule has 0 saturated heterocycles. The second-order valence-corrected chi connectivity index (χ2v) is 3.39. The normalized spacial score (nSPS) is 10.5. The number of nitrogens with zero attached hydrogens (tertiary/aromatic N) is 3. The van der Waals surface area contributed by atoms with Crippen LogP contribution >= 0.6 is 0 Å². The van der Waals surface area contributed by atoms with E-state index in [1.807, 2.05) is 43.7 Å². The molecule has 0 bridgehead atoms. The first-order chi connectivity index (χ1) is 6.68. The van der Waals surface area contributed by atoms with Crippen molar-refractivity contribution >= 4 is 0 Å². The van der Waals surface area contributed by atoms with Gasteiger partial charge in [0, 0.05) is 12.6 Å². The zero-order valence-corrected chi connectivity index (χ0v) is 8.57. The molecule has 1 heterocycles. The third kappa shape index (κ3) is 1.41. The van der Waals surface area contributed by atoms with E-state index in [0.717, 1.165) is 22.8 Å². The zero-order valence-electron chi connectivity index (χ0n) is 8.57. The van der Waals surface area contributed by atoms with Gasteiger partial charge in [-0.3, -0.25) is 0 Å². The highest BCUT2D eigenvalue weighted by molar-refractivity contribution is 5.55. The second-order valence-electron chi connectivity index (χ2n) is 3.39. The number of aryl methyl sites for hydroxylation is 2. The van der Waals surface area contributed by atoms with Crippen molar-refractivity contribution in [2.24, 2.45) is 7.05 Å². The van der Waals surface area contributed by atoms with Gasteiger partial charge >= 0.3 is 0 Å². The fourth-order valence-electron chi connectivity index (χ4n) is 1.30. The summed E-state index contributed by atoms with van der Waals surface area (Å²) in [6.45, 7) is 3.96. The minimum atomic E-state index is 0.888. The summed E-state index contributed by atoms with van der Waals surface area (Å²) in [7, 11) is 1.96. The predicted octanol–water partition coefficient (Wildman–Crippen LogP) is 1.90. The topological polar surface area (TPSA) is 30.7 Å². The first-order valence-corrected chi connectivity index (χ1v) is 4.53. The van der Waals surface area contributed by atoms with Gasteiger partial charge in [0.05, 0.1) is 0 Å².